The van der Waals surface area contributed by atoms with E-state index < -0.39 is 0 Å². The van der Waals surface area contributed by atoms with Crippen LogP contribution in [0.15, 0.2) is 35.3 Å². The molecule has 0 bridgehead atoms. The second kappa shape index (κ2) is 11.1. The molecule has 28 heavy (non-hydrogen) atoms. The molecule has 1 heterocycles. The normalized spacial score (nSPS) is 19.4. The highest BCUT2D eigenvalue weighted by molar-refractivity contribution is 14.0. The van der Waals surface area contributed by atoms with E-state index in [1.165, 1.54) is 30.2 Å². The summed E-state index contributed by atoms with van der Waals surface area (Å²) in [6.07, 6.45) is 5.94. The van der Waals surface area contributed by atoms with E-state index in [0.717, 1.165) is 29.1 Å². The fourth-order valence-corrected chi connectivity index (χ4v) is 4.35. The maximum absolute atomic E-state index is 4.89. The van der Waals surface area contributed by atoms with Gasteiger partial charge < -0.3 is 15.5 Å². The van der Waals surface area contributed by atoms with Crippen molar-refractivity contribution in [2.45, 2.75) is 44.0 Å². The number of para-hydroxylation sites is 1. The van der Waals surface area contributed by atoms with E-state index in [4.69, 9.17) is 9.98 Å². The molecule has 1 aromatic heterocycles. The van der Waals surface area contributed by atoms with Crippen LogP contribution < -0.4 is 15.5 Å². The van der Waals surface area contributed by atoms with Gasteiger partial charge >= 0.3 is 0 Å². The van der Waals surface area contributed by atoms with Crippen molar-refractivity contribution in [1.82, 2.24) is 15.6 Å². The van der Waals surface area contributed by atoms with E-state index in [1.54, 1.807) is 0 Å². The van der Waals surface area contributed by atoms with Crippen LogP contribution in [-0.4, -0.2) is 49.1 Å². The molecule has 2 unspecified atom stereocenters. The fraction of sp³-hybridized carbons (Fsp3) is 0.524. The Bertz CT molecular complexity index is 795. The van der Waals surface area contributed by atoms with E-state index in [2.05, 4.69) is 48.1 Å². The molecule has 0 amide bonds. The second-order valence-corrected chi connectivity index (χ2v) is 8.40. The summed E-state index contributed by atoms with van der Waals surface area (Å²) >= 11 is 1.98. The Balaban J connectivity index is 0.00000280. The van der Waals surface area contributed by atoms with Crippen LogP contribution in [0.25, 0.3) is 10.9 Å². The lowest BCUT2D eigenvalue weighted by atomic mass is 10.1. The van der Waals surface area contributed by atoms with Gasteiger partial charge in [-0.3, -0.25) is 0 Å². The average Bonchev–Trinajstić information content (AvgIpc) is 3.13. The summed E-state index contributed by atoms with van der Waals surface area (Å²) in [6, 6.07) is 11.0. The molecule has 1 fully saturated rings. The first-order valence-corrected chi connectivity index (χ1v) is 11.0. The van der Waals surface area contributed by atoms with Crippen molar-refractivity contribution in [2.24, 2.45) is 4.99 Å². The van der Waals surface area contributed by atoms with E-state index in [1.807, 2.05) is 36.8 Å². The van der Waals surface area contributed by atoms with Crippen molar-refractivity contribution >= 4 is 58.4 Å². The number of guanidine groups is 1. The molecule has 5 nitrogen and oxygen atoms in total. The zero-order valence-electron chi connectivity index (χ0n) is 17.2. The molecule has 1 aliphatic carbocycles. The lowest BCUT2D eigenvalue weighted by Gasteiger charge is -2.18. The van der Waals surface area contributed by atoms with E-state index in [-0.39, 0.29) is 24.0 Å². The number of anilines is 1. The Morgan fingerprint density at radius 2 is 2.07 bits per heavy atom. The van der Waals surface area contributed by atoms with Crippen LogP contribution >= 0.6 is 35.7 Å². The molecule has 1 aromatic carbocycles. The van der Waals surface area contributed by atoms with Gasteiger partial charge in [0.1, 0.15) is 5.82 Å². The third kappa shape index (κ3) is 5.89. The Morgan fingerprint density at radius 3 is 2.75 bits per heavy atom. The third-order valence-electron chi connectivity index (χ3n) is 5.06. The summed E-state index contributed by atoms with van der Waals surface area (Å²) in [5, 5.41) is 8.99. The number of hydrogen-bond acceptors (Lipinski definition) is 4. The average molecular weight is 513 g/mol. The number of benzene rings is 1. The van der Waals surface area contributed by atoms with Crippen molar-refractivity contribution in [3.05, 3.63) is 35.9 Å². The van der Waals surface area contributed by atoms with Gasteiger partial charge in [-0.1, -0.05) is 18.2 Å². The van der Waals surface area contributed by atoms with Crippen LogP contribution in [0.2, 0.25) is 0 Å². The van der Waals surface area contributed by atoms with Crippen molar-refractivity contribution in [3.63, 3.8) is 0 Å². The maximum Gasteiger partial charge on any atom is 0.191 e. The Labute approximate surface area is 190 Å². The Hall–Kier alpha value is -1.22. The largest absolute Gasteiger partial charge is 0.363 e. The van der Waals surface area contributed by atoms with Crippen molar-refractivity contribution in [3.8, 4) is 0 Å². The summed E-state index contributed by atoms with van der Waals surface area (Å²) in [7, 11) is 4.05. The zero-order chi connectivity index (χ0) is 19.2. The first-order valence-electron chi connectivity index (χ1n) is 9.74. The minimum atomic E-state index is 0. The molecule has 7 heteroatoms. The number of rotatable bonds is 6. The molecule has 2 aromatic rings. The van der Waals surface area contributed by atoms with E-state index in [0.29, 0.717) is 12.6 Å². The Kier molecular flexibility index (Phi) is 9.14. The van der Waals surface area contributed by atoms with Gasteiger partial charge in [0, 0.05) is 37.3 Å². The summed E-state index contributed by atoms with van der Waals surface area (Å²) in [5.74, 6) is 1.88. The number of fused-ring (bicyclic) bond motifs is 1. The van der Waals surface area contributed by atoms with Gasteiger partial charge in [0.05, 0.1) is 12.1 Å². The van der Waals surface area contributed by atoms with E-state index in [9.17, 15) is 0 Å². The number of hydrogen-bond donors (Lipinski definition) is 2. The fourth-order valence-electron chi connectivity index (χ4n) is 3.55. The van der Waals surface area contributed by atoms with Crippen LogP contribution in [0.4, 0.5) is 5.82 Å². The first kappa shape index (κ1) is 23.1. The summed E-state index contributed by atoms with van der Waals surface area (Å²) < 4.78 is 0. The van der Waals surface area contributed by atoms with Gasteiger partial charge in [-0.2, -0.15) is 11.8 Å². The molecular formula is C21H32IN5S. The lowest BCUT2D eigenvalue weighted by Crippen LogP contribution is -2.42. The number of aromatic nitrogens is 1. The molecule has 0 aliphatic heterocycles. The molecule has 2 atom stereocenters. The molecule has 0 spiro atoms. The minimum Gasteiger partial charge on any atom is -0.363 e. The van der Waals surface area contributed by atoms with Crippen molar-refractivity contribution < 1.29 is 0 Å². The smallest absolute Gasteiger partial charge is 0.191 e. The van der Waals surface area contributed by atoms with Crippen molar-refractivity contribution in [1.29, 1.82) is 0 Å². The van der Waals surface area contributed by atoms with Crippen LogP contribution in [0.1, 0.15) is 31.7 Å². The van der Waals surface area contributed by atoms with Crippen LogP contribution in [0.5, 0.6) is 0 Å². The molecular weight excluding hydrogens is 481 g/mol. The number of nitrogens with one attached hydrogen (secondary N) is 2. The first-order chi connectivity index (χ1) is 13.1. The summed E-state index contributed by atoms with van der Waals surface area (Å²) in [6.45, 7) is 3.62. The number of thioether (sulfide) groups is 1. The standard InChI is InChI=1S/C21H31N5S.HI/c1-5-22-21(24-16-10-11-17(13-16)27-4)23-14-15-12-20(26(2)3)25-19-9-7-6-8-18(15)19;/h6-9,12,16-17H,5,10-11,13-14H2,1-4H3,(H2,22,23,24);1H. The predicted molar refractivity (Wildman–Crippen MR) is 134 cm³/mol. The Morgan fingerprint density at radius 1 is 1.29 bits per heavy atom. The number of pyridine rings is 1. The van der Waals surface area contributed by atoms with Crippen LogP contribution in [0, 0.1) is 0 Å². The quantitative estimate of drug-likeness (QED) is 0.344. The number of halogens is 1. The van der Waals surface area contributed by atoms with Gasteiger partial charge in [-0.15, -0.1) is 24.0 Å². The highest BCUT2D eigenvalue weighted by Gasteiger charge is 2.24. The van der Waals surface area contributed by atoms with E-state index >= 15 is 0 Å². The molecule has 1 saturated carbocycles. The van der Waals surface area contributed by atoms with Gasteiger partial charge in [-0.25, -0.2) is 9.98 Å². The topological polar surface area (TPSA) is 52.6 Å². The molecule has 1 aliphatic rings. The predicted octanol–water partition coefficient (Wildman–Crippen LogP) is 4.26. The van der Waals surface area contributed by atoms with Gasteiger partial charge in [0.15, 0.2) is 5.96 Å². The SMILES string of the molecule is CCNC(=NCc1cc(N(C)C)nc2ccccc12)NC1CCC(SC)C1.I. The zero-order valence-corrected chi connectivity index (χ0v) is 20.4. The molecule has 2 N–H and O–H groups in total. The highest BCUT2D eigenvalue weighted by Crippen LogP contribution is 2.28. The minimum absolute atomic E-state index is 0. The molecule has 154 valence electrons. The van der Waals surface area contributed by atoms with Crippen molar-refractivity contribution in [2.75, 3.05) is 31.8 Å². The molecule has 3 rings (SSSR count). The second-order valence-electron chi connectivity index (χ2n) is 7.26. The number of aliphatic imine (C=N–C) groups is 1. The molecule has 0 saturated heterocycles. The van der Waals surface area contributed by atoms with Gasteiger partial charge in [-0.05, 0) is 50.1 Å². The van der Waals surface area contributed by atoms with Crippen LogP contribution in [-0.2, 0) is 6.54 Å². The molecule has 0 radical (unpaired) electrons. The van der Waals surface area contributed by atoms with Gasteiger partial charge in [0.25, 0.3) is 0 Å². The van der Waals surface area contributed by atoms with Crippen LogP contribution in [0.3, 0.4) is 0 Å². The summed E-state index contributed by atoms with van der Waals surface area (Å²) in [5.41, 5.74) is 2.22. The van der Waals surface area contributed by atoms with Gasteiger partial charge in [0.2, 0.25) is 0 Å². The number of nitrogens with zero attached hydrogens (tertiary/aromatic N) is 3. The monoisotopic (exact) mass is 513 g/mol. The lowest BCUT2D eigenvalue weighted by molar-refractivity contribution is 0.615. The highest BCUT2D eigenvalue weighted by atomic mass is 127. The maximum atomic E-state index is 4.89. The third-order valence-corrected chi connectivity index (χ3v) is 6.15. The summed E-state index contributed by atoms with van der Waals surface area (Å²) in [4.78, 5) is 11.7.